The zero-order valence-electron chi connectivity index (χ0n) is 26.0. The Morgan fingerprint density at radius 2 is 1.86 bits per heavy atom. The summed E-state index contributed by atoms with van der Waals surface area (Å²) in [5.74, 6) is -2.47. The first-order chi connectivity index (χ1) is 20.9. The highest BCUT2D eigenvalue weighted by atomic mass is 16.5. The Morgan fingerprint density at radius 1 is 1.16 bits per heavy atom. The molecule has 2 heterocycles. The van der Waals surface area contributed by atoms with Gasteiger partial charge in [0.25, 0.3) is 11.8 Å². The lowest BCUT2D eigenvalue weighted by Crippen LogP contribution is -2.60. The van der Waals surface area contributed by atoms with Crippen molar-refractivity contribution in [3.05, 3.63) is 47.7 Å². The molecule has 0 bridgehead atoms. The first-order valence-electron chi connectivity index (χ1n) is 15.6. The zero-order chi connectivity index (χ0) is 32.0. The number of benzene rings is 1. The number of esters is 1. The smallest absolute Gasteiger partial charge is 0.316 e. The predicted molar refractivity (Wildman–Crippen MR) is 166 cm³/mol. The van der Waals surface area contributed by atoms with E-state index in [1.807, 2.05) is 42.5 Å². The summed E-state index contributed by atoms with van der Waals surface area (Å²) < 4.78 is 5.92. The molecule has 1 aromatic heterocycles. The molecule has 1 saturated carbocycles. The molecule has 1 aromatic carbocycles. The van der Waals surface area contributed by atoms with Gasteiger partial charge in [-0.1, -0.05) is 51.1 Å². The van der Waals surface area contributed by atoms with E-state index in [4.69, 9.17) is 15.5 Å². The van der Waals surface area contributed by atoms with E-state index in [0.29, 0.717) is 45.1 Å². The molecule has 0 unspecified atom stereocenters. The lowest BCUT2D eigenvalue weighted by Gasteiger charge is -2.36. The lowest BCUT2D eigenvalue weighted by atomic mass is 9.72. The van der Waals surface area contributed by atoms with Crippen molar-refractivity contribution in [1.29, 1.82) is 0 Å². The Bertz CT molecular complexity index is 1400. The minimum atomic E-state index is -1.14. The third-order valence-electron chi connectivity index (χ3n) is 8.61. The lowest BCUT2D eigenvalue weighted by molar-refractivity contribution is -0.168. The molecule has 44 heavy (non-hydrogen) atoms. The molecule has 3 amide bonds. The predicted octanol–water partition coefficient (Wildman–Crippen LogP) is 2.79. The molecule has 1 aliphatic carbocycles. The molecular formula is C33H45N5O6. The van der Waals surface area contributed by atoms with Crippen LogP contribution < -0.4 is 16.5 Å². The van der Waals surface area contributed by atoms with Crippen molar-refractivity contribution >= 4 is 40.7 Å². The number of carbonyl (C=O) groups excluding carboxylic acids is 4. The summed E-state index contributed by atoms with van der Waals surface area (Å²) in [7, 11) is 0. The summed E-state index contributed by atoms with van der Waals surface area (Å²) in [6, 6.07) is 8.40. The Hall–Kier alpha value is -3.83. The summed E-state index contributed by atoms with van der Waals surface area (Å²) in [5, 5.41) is 15.2. The Labute approximate surface area is 258 Å². The van der Waals surface area contributed by atoms with Gasteiger partial charge in [0.15, 0.2) is 6.10 Å². The maximum atomic E-state index is 13.9. The number of hydrazine groups is 1. The van der Waals surface area contributed by atoms with Crippen LogP contribution in [0.1, 0.15) is 77.5 Å². The average Bonchev–Trinajstić information content (AvgIpc) is 3.02. The van der Waals surface area contributed by atoms with Gasteiger partial charge in [0.2, 0.25) is 5.91 Å². The fraction of sp³-hybridized carbons (Fsp3) is 0.545. The Morgan fingerprint density at radius 3 is 2.52 bits per heavy atom. The molecule has 0 radical (unpaired) electrons. The highest BCUT2D eigenvalue weighted by molar-refractivity contribution is 5.91. The van der Waals surface area contributed by atoms with Gasteiger partial charge in [-0.05, 0) is 75.5 Å². The van der Waals surface area contributed by atoms with Crippen LogP contribution in [0.2, 0.25) is 0 Å². The van der Waals surface area contributed by atoms with Crippen molar-refractivity contribution in [2.24, 2.45) is 17.1 Å². The molecule has 11 nitrogen and oxygen atoms in total. The van der Waals surface area contributed by atoms with Crippen LogP contribution in [0, 0.1) is 11.3 Å². The van der Waals surface area contributed by atoms with Crippen molar-refractivity contribution in [3.63, 3.8) is 0 Å². The van der Waals surface area contributed by atoms with Crippen LogP contribution >= 0.6 is 0 Å². The number of nitrogens with one attached hydrogen (secondary N) is 2. The molecule has 5 N–H and O–H groups in total. The number of hydrogen-bond acceptors (Lipinski definition) is 8. The van der Waals surface area contributed by atoms with Crippen molar-refractivity contribution in [2.45, 2.75) is 96.9 Å². The third-order valence-corrected chi connectivity index (χ3v) is 8.61. The largest absolute Gasteiger partial charge is 0.451 e. The van der Waals surface area contributed by atoms with Crippen molar-refractivity contribution in [1.82, 2.24) is 20.7 Å². The minimum absolute atomic E-state index is 0.372. The second-order valence-electron chi connectivity index (χ2n) is 12.3. The van der Waals surface area contributed by atoms with Gasteiger partial charge in [0.05, 0.1) is 17.0 Å². The average molecular weight is 608 g/mol. The first-order valence-corrected chi connectivity index (χ1v) is 15.6. The van der Waals surface area contributed by atoms with Crippen LogP contribution in [-0.4, -0.2) is 69.6 Å². The van der Waals surface area contributed by atoms with Crippen molar-refractivity contribution < 1.29 is 29.0 Å². The first kappa shape index (κ1) is 33.1. The molecule has 11 heteroatoms. The molecule has 1 aliphatic heterocycles. The summed E-state index contributed by atoms with van der Waals surface area (Å²) in [6.45, 7) is 7.52. The van der Waals surface area contributed by atoms with E-state index >= 15 is 0 Å². The van der Waals surface area contributed by atoms with Crippen LogP contribution in [0.25, 0.3) is 17.0 Å². The van der Waals surface area contributed by atoms with Crippen LogP contribution in [0.5, 0.6) is 0 Å². The number of amides is 3. The third kappa shape index (κ3) is 7.81. The Balaban J connectivity index is 1.49. The summed E-state index contributed by atoms with van der Waals surface area (Å²) >= 11 is 0. The quantitative estimate of drug-likeness (QED) is 0.300. The standard InChI is InChI=1S/C33H45N5O6/c1-5-24-11-10-23-9-8-22(19-27(23)36-24)12-15-33(16-13-25(39)14-17-33)32(43)44-28(20(2)3)30(41)35-21(4)31(42)38-18-6-7-26(37-38)29(34)40/h8-12,15,19-21,25-26,28,37,39H,5-7,13-14,16-18H2,1-4H3,(H2,34,40)(H,35,41)/b15-12+/t21-,25?,26-,28-,33?/m0/s1. The number of rotatable bonds is 10. The van der Waals surface area contributed by atoms with Crippen LogP contribution in [0.3, 0.4) is 0 Å². The number of ether oxygens (including phenoxy) is 1. The van der Waals surface area contributed by atoms with E-state index in [2.05, 4.69) is 17.7 Å². The molecule has 2 aromatic rings. The maximum Gasteiger partial charge on any atom is 0.316 e. The van der Waals surface area contributed by atoms with E-state index in [9.17, 15) is 24.3 Å². The number of aryl methyl sites for hydroxylation is 1. The molecule has 3 atom stereocenters. The molecule has 1 saturated heterocycles. The van der Waals surface area contributed by atoms with E-state index in [1.165, 1.54) is 5.01 Å². The number of primary amides is 1. The number of nitrogens with two attached hydrogens (primary N) is 1. The topological polar surface area (TPSA) is 164 Å². The van der Waals surface area contributed by atoms with E-state index in [-0.39, 0.29) is 5.92 Å². The van der Waals surface area contributed by atoms with Gasteiger partial charge in [-0.15, -0.1) is 0 Å². The number of pyridine rings is 1. The molecule has 2 fully saturated rings. The number of nitrogens with zero attached hydrogens (tertiary/aromatic N) is 2. The molecule has 238 valence electrons. The highest BCUT2D eigenvalue weighted by Crippen LogP contribution is 2.40. The summed E-state index contributed by atoms with van der Waals surface area (Å²) in [4.78, 5) is 56.6. The number of hydrogen-bond donors (Lipinski definition) is 4. The monoisotopic (exact) mass is 607 g/mol. The second-order valence-corrected chi connectivity index (χ2v) is 12.3. The maximum absolute atomic E-state index is 13.9. The van der Waals surface area contributed by atoms with Crippen LogP contribution in [-0.2, 0) is 30.3 Å². The van der Waals surface area contributed by atoms with Crippen molar-refractivity contribution in [2.75, 3.05) is 6.54 Å². The SMILES string of the molecule is CCc1ccc2ccc(/C=C/C3(C(=O)O[C@H](C(=O)N[C@@H](C)C(=O)N4CCC[C@@H](C(N)=O)N4)C(C)C)CCC(O)CC3)cc2n1. The van der Waals surface area contributed by atoms with Gasteiger partial charge in [0.1, 0.15) is 12.1 Å². The van der Waals surface area contributed by atoms with Gasteiger partial charge in [-0.2, -0.15) is 0 Å². The van der Waals surface area contributed by atoms with Gasteiger partial charge in [0, 0.05) is 17.6 Å². The number of aliphatic hydroxyl groups is 1. The van der Waals surface area contributed by atoms with E-state index < -0.39 is 53.4 Å². The van der Waals surface area contributed by atoms with Crippen LogP contribution in [0.4, 0.5) is 0 Å². The molecule has 0 spiro atoms. The summed E-state index contributed by atoms with van der Waals surface area (Å²) in [5.41, 5.74) is 9.94. The second kappa shape index (κ2) is 14.3. The van der Waals surface area contributed by atoms with Crippen LogP contribution in [0.15, 0.2) is 36.4 Å². The van der Waals surface area contributed by atoms with Gasteiger partial charge in [-0.25, -0.2) is 5.43 Å². The summed E-state index contributed by atoms with van der Waals surface area (Å²) in [6.07, 6.45) is 5.63. The molecule has 4 rings (SSSR count). The Kier molecular flexibility index (Phi) is 10.7. The molecule has 2 aliphatic rings. The number of carbonyl (C=O) groups is 4. The fourth-order valence-corrected chi connectivity index (χ4v) is 5.76. The highest BCUT2D eigenvalue weighted by Gasteiger charge is 2.43. The van der Waals surface area contributed by atoms with Gasteiger partial charge in [-0.3, -0.25) is 29.2 Å². The fourth-order valence-electron chi connectivity index (χ4n) is 5.76. The molecular weight excluding hydrogens is 562 g/mol. The minimum Gasteiger partial charge on any atom is -0.451 e. The van der Waals surface area contributed by atoms with Crippen molar-refractivity contribution in [3.8, 4) is 0 Å². The number of aliphatic hydroxyl groups excluding tert-OH is 1. The number of fused-ring (bicyclic) bond motifs is 1. The van der Waals surface area contributed by atoms with E-state index in [1.54, 1.807) is 20.8 Å². The van der Waals surface area contributed by atoms with E-state index in [0.717, 1.165) is 28.6 Å². The normalized spacial score (nSPS) is 23.8. The van der Waals surface area contributed by atoms with Gasteiger partial charge >= 0.3 is 5.97 Å². The van der Waals surface area contributed by atoms with Gasteiger partial charge < -0.3 is 20.9 Å². The zero-order valence-corrected chi connectivity index (χ0v) is 26.0. The number of aromatic nitrogens is 1.